The van der Waals surface area contributed by atoms with E-state index in [-0.39, 0.29) is 6.01 Å². The predicted octanol–water partition coefficient (Wildman–Crippen LogP) is 2.69. The molecule has 142 valence electrons. The molecule has 0 N–H and O–H groups in total. The molecule has 1 saturated heterocycles. The lowest BCUT2D eigenvalue weighted by molar-refractivity contribution is 0.353. The summed E-state index contributed by atoms with van der Waals surface area (Å²) in [5.74, 6) is 1.79. The van der Waals surface area contributed by atoms with E-state index in [0.29, 0.717) is 17.7 Å². The Morgan fingerprint density at radius 1 is 1.19 bits per heavy atom. The second-order valence-corrected chi connectivity index (χ2v) is 7.13. The summed E-state index contributed by atoms with van der Waals surface area (Å²) in [4.78, 5) is 15.4. The monoisotopic (exact) mass is 368 g/mol. The first-order chi connectivity index (χ1) is 13.1. The highest BCUT2D eigenvalue weighted by Gasteiger charge is 2.27. The Morgan fingerprint density at radius 3 is 2.74 bits per heavy atom. The summed E-state index contributed by atoms with van der Waals surface area (Å²) in [6.07, 6.45) is 6.50. The second-order valence-electron chi connectivity index (χ2n) is 7.13. The normalized spacial score (nSPS) is 17.1. The maximum absolute atomic E-state index is 5.44. The van der Waals surface area contributed by atoms with E-state index in [0.717, 1.165) is 35.7 Å². The summed E-state index contributed by atoms with van der Waals surface area (Å²) < 4.78 is 12.3. The number of aromatic nitrogens is 5. The molecular weight excluding hydrogens is 344 g/mol. The van der Waals surface area contributed by atoms with Crippen LogP contribution >= 0.6 is 0 Å². The van der Waals surface area contributed by atoms with Gasteiger partial charge in [0, 0.05) is 31.7 Å². The van der Waals surface area contributed by atoms with Crippen LogP contribution in [0.4, 0.5) is 5.69 Å². The number of ether oxygens (including phenoxy) is 2. The van der Waals surface area contributed by atoms with E-state index in [2.05, 4.69) is 44.9 Å². The Kier molecular flexibility index (Phi) is 4.55. The molecule has 0 amide bonds. The van der Waals surface area contributed by atoms with Gasteiger partial charge in [0.2, 0.25) is 5.88 Å². The van der Waals surface area contributed by atoms with E-state index in [1.807, 2.05) is 6.20 Å². The number of hydrogen-bond acceptors (Lipinski definition) is 7. The number of imidazole rings is 1. The van der Waals surface area contributed by atoms with E-state index in [9.17, 15) is 0 Å². The largest absolute Gasteiger partial charge is 0.480 e. The Morgan fingerprint density at radius 2 is 2.04 bits per heavy atom. The van der Waals surface area contributed by atoms with Crippen LogP contribution in [-0.2, 0) is 0 Å². The molecule has 1 aliphatic rings. The SMILES string of the molecule is COc1ncc(-c2cc(N3CC[C@@H](C(C)C)C3)c3nccn3n2)c(OC)n1. The highest BCUT2D eigenvalue weighted by atomic mass is 16.5. The number of fused-ring (bicyclic) bond motifs is 1. The van der Waals surface area contributed by atoms with Crippen molar-refractivity contribution in [2.75, 3.05) is 32.2 Å². The lowest BCUT2D eigenvalue weighted by Gasteiger charge is -2.21. The first-order valence-electron chi connectivity index (χ1n) is 9.15. The van der Waals surface area contributed by atoms with Gasteiger partial charge in [0.05, 0.1) is 25.5 Å². The maximum Gasteiger partial charge on any atom is 0.319 e. The van der Waals surface area contributed by atoms with Gasteiger partial charge in [-0.25, -0.2) is 14.5 Å². The van der Waals surface area contributed by atoms with Crippen molar-refractivity contribution >= 4 is 11.3 Å². The summed E-state index contributed by atoms with van der Waals surface area (Å²) in [5, 5.41) is 4.68. The van der Waals surface area contributed by atoms with Crippen molar-refractivity contribution in [2.45, 2.75) is 20.3 Å². The average molecular weight is 368 g/mol. The molecule has 8 heteroatoms. The highest BCUT2D eigenvalue weighted by molar-refractivity contribution is 5.76. The molecule has 1 fully saturated rings. The molecule has 27 heavy (non-hydrogen) atoms. The molecule has 0 unspecified atom stereocenters. The van der Waals surface area contributed by atoms with Crippen molar-refractivity contribution in [3.05, 3.63) is 24.7 Å². The third-order valence-electron chi connectivity index (χ3n) is 5.23. The molecule has 1 aliphatic heterocycles. The van der Waals surface area contributed by atoms with Crippen molar-refractivity contribution in [2.24, 2.45) is 11.8 Å². The van der Waals surface area contributed by atoms with Crippen LogP contribution in [0.5, 0.6) is 11.9 Å². The zero-order valence-electron chi connectivity index (χ0n) is 16.1. The molecule has 3 aromatic heterocycles. The zero-order valence-corrected chi connectivity index (χ0v) is 16.1. The molecule has 1 atom stereocenters. The number of rotatable bonds is 5. The van der Waals surface area contributed by atoms with Gasteiger partial charge >= 0.3 is 6.01 Å². The van der Waals surface area contributed by atoms with Crippen molar-refractivity contribution in [3.63, 3.8) is 0 Å². The van der Waals surface area contributed by atoms with Crippen LogP contribution < -0.4 is 14.4 Å². The van der Waals surface area contributed by atoms with Crippen LogP contribution in [0.2, 0.25) is 0 Å². The van der Waals surface area contributed by atoms with Crippen LogP contribution in [0.25, 0.3) is 16.9 Å². The van der Waals surface area contributed by atoms with Crippen molar-refractivity contribution in [3.8, 4) is 23.1 Å². The van der Waals surface area contributed by atoms with Crippen molar-refractivity contribution < 1.29 is 9.47 Å². The summed E-state index contributed by atoms with van der Waals surface area (Å²) in [7, 11) is 3.11. The van der Waals surface area contributed by atoms with Gasteiger partial charge < -0.3 is 14.4 Å². The lowest BCUT2D eigenvalue weighted by Crippen LogP contribution is -2.22. The van der Waals surface area contributed by atoms with Gasteiger partial charge in [0.1, 0.15) is 5.69 Å². The molecule has 0 radical (unpaired) electrons. The number of hydrogen-bond donors (Lipinski definition) is 0. The van der Waals surface area contributed by atoms with E-state index in [1.165, 1.54) is 13.5 Å². The van der Waals surface area contributed by atoms with E-state index < -0.39 is 0 Å². The average Bonchev–Trinajstić information content (AvgIpc) is 3.36. The third kappa shape index (κ3) is 3.15. The smallest absolute Gasteiger partial charge is 0.319 e. The van der Waals surface area contributed by atoms with E-state index in [4.69, 9.17) is 9.47 Å². The van der Waals surface area contributed by atoms with Crippen LogP contribution in [0.3, 0.4) is 0 Å². The fraction of sp³-hybridized carbons (Fsp3) is 0.474. The van der Waals surface area contributed by atoms with Gasteiger partial charge in [0.25, 0.3) is 0 Å². The molecule has 4 heterocycles. The summed E-state index contributed by atoms with van der Waals surface area (Å²) in [6, 6.07) is 2.32. The van der Waals surface area contributed by atoms with Gasteiger partial charge in [-0.05, 0) is 24.3 Å². The minimum Gasteiger partial charge on any atom is -0.480 e. The number of anilines is 1. The quantitative estimate of drug-likeness (QED) is 0.685. The summed E-state index contributed by atoms with van der Waals surface area (Å²) in [6.45, 7) is 6.62. The Bertz CT molecular complexity index is 955. The molecule has 0 spiro atoms. The first kappa shape index (κ1) is 17.5. The van der Waals surface area contributed by atoms with Crippen molar-refractivity contribution in [1.29, 1.82) is 0 Å². The molecule has 0 aliphatic carbocycles. The first-order valence-corrected chi connectivity index (χ1v) is 9.15. The lowest BCUT2D eigenvalue weighted by atomic mass is 9.95. The van der Waals surface area contributed by atoms with E-state index in [1.54, 1.807) is 24.0 Å². The van der Waals surface area contributed by atoms with Gasteiger partial charge in [-0.1, -0.05) is 13.8 Å². The molecule has 4 rings (SSSR count). The highest BCUT2D eigenvalue weighted by Crippen LogP contribution is 2.34. The van der Waals surface area contributed by atoms with Crippen LogP contribution in [0.1, 0.15) is 20.3 Å². The molecule has 0 aromatic carbocycles. The summed E-state index contributed by atoms with van der Waals surface area (Å²) >= 11 is 0. The maximum atomic E-state index is 5.44. The molecule has 0 saturated carbocycles. The number of methoxy groups -OCH3 is 2. The summed E-state index contributed by atoms with van der Waals surface area (Å²) in [5.41, 5.74) is 3.39. The standard InChI is InChI=1S/C19H24N6O2/c1-12(2)13-5-7-24(11-13)16-9-15(23-25-8-6-20-17(16)25)14-10-21-19(27-4)22-18(14)26-3/h6,8-10,12-13H,5,7,11H2,1-4H3/t13-/m1/s1. The van der Waals surface area contributed by atoms with Crippen LogP contribution in [0.15, 0.2) is 24.7 Å². The molecule has 8 nitrogen and oxygen atoms in total. The second kappa shape index (κ2) is 7.02. The Hall–Kier alpha value is -2.90. The van der Waals surface area contributed by atoms with Gasteiger partial charge in [-0.15, -0.1) is 0 Å². The van der Waals surface area contributed by atoms with Gasteiger partial charge in [-0.3, -0.25) is 0 Å². The fourth-order valence-corrected chi connectivity index (χ4v) is 3.60. The van der Waals surface area contributed by atoms with Gasteiger partial charge in [0.15, 0.2) is 5.65 Å². The minimum atomic E-state index is 0.263. The Labute approximate surface area is 158 Å². The zero-order chi connectivity index (χ0) is 19.0. The van der Waals surface area contributed by atoms with Crippen molar-refractivity contribution in [1.82, 2.24) is 24.6 Å². The predicted molar refractivity (Wildman–Crippen MR) is 102 cm³/mol. The van der Waals surface area contributed by atoms with E-state index >= 15 is 0 Å². The molecule has 3 aromatic rings. The minimum absolute atomic E-state index is 0.263. The van der Waals surface area contributed by atoms with Gasteiger partial charge in [-0.2, -0.15) is 10.1 Å². The van der Waals surface area contributed by atoms with Crippen LogP contribution in [-0.4, -0.2) is 51.9 Å². The number of nitrogens with zero attached hydrogens (tertiary/aromatic N) is 6. The molecular formula is C19H24N6O2. The molecule has 0 bridgehead atoms. The topological polar surface area (TPSA) is 77.7 Å². The third-order valence-corrected chi connectivity index (χ3v) is 5.23. The Balaban J connectivity index is 1.80. The fourth-order valence-electron chi connectivity index (χ4n) is 3.60. The van der Waals surface area contributed by atoms with Crippen LogP contribution in [0, 0.1) is 11.8 Å².